The van der Waals surface area contributed by atoms with Gasteiger partial charge in [-0.2, -0.15) is 0 Å². The first-order chi connectivity index (χ1) is 13.3. The minimum absolute atomic E-state index is 0.142. The molecule has 7 heteroatoms. The molecule has 0 aliphatic carbocycles. The second kappa shape index (κ2) is 6.91. The van der Waals surface area contributed by atoms with Crippen molar-refractivity contribution in [2.75, 3.05) is 5.32 Å². The van der Waals surface area contributed by atoms with E-state index < -0.39 is 0 Å². The number of carbonyl (C=O) groups is 1. The molecule has 0 bridgehead atoms. The third kappa shape index (κ3) is 3.57. The van der Waals surface area contributed by atoms with Crippen LogP contribution in [0, 0.1) is 0 Å². The highest BCUT2D eigenvalue weighted by atomic mass is 79.9. The van der Waals surface area contributed by atoms with Crippen molar-refractivity contribution in [1.29, 1.82) is 0 Å². The zero-order valence-corrected chi connectivity index (χ0v) is 17.3. The number of amides is 1. The summed E-state index contributed by atoms with van der Waals surface area (Å²) in [4.78, 5) is 16.9. The Labute approximate surface area is 170 Å². The van der Waals surface area contributed by atoms with E-state index in [0.717, 1.165) is 26.9 Å². The van der Waals surface area contributed by atoms with E-state index in [9.17, 15) is 4.79 Å². The fraction of sp³-hybridized carbons (Fsp3) is 0.190. The minimum Gasteiger partial charge on any atom is -0.338 e. The average molecular weight is 439 g/mol. The molecule has 4 rings (SSSR count). The lowest BCUT2D eigenvalue weighted by molar-refractivity contribution is 0.102. The van der Waals surface area contributed by atoms with Crippen LogP contribution in [-0.4, -0.2) is 20.6 Å². The van der Waals surface area contributed by atoms with E-state index in [2.05, 4.69) is 31.4 Å². The zero-order valence-electron chi connectivity index (χ0n) is 15.7. The number of carbonyl (C=O) groups excluding carboxylic acids is 1. The lowest BCUT2D eigenvalue weighted by Gasteiger charge is -2.12. The Hall–Kier alpha value is -2.93. The molecule has 2 aromatic heterocycles. The second-order valence-corrected chi connectivity index (χ2v) is 8.49. The quantitative estimate of drug-likeness (QED) is 0.469. The molecule has 0 atom stereocenters. The Kier molecular flexibility index (Phi) is 4.55. The van der Waals surface area contributed by atoms with E-state index in [0.29, 0.717) is 11.4 Å². The Morgan fingerprint density at radius 3 is 2.54 bits per heavy atom. The van der Waals surface area contributed by atoms with Gasteiger partial charge < -0.3 is 4.52 Å². The molecule has 2 aromatic carbocycles. The lowest BCUT2D eigenvalue weighted by atomic mass is 9.92. The summed E-state index contributed by atoms with van der Waals surface area (Å²) in [5.41, 5.74) is 4.00. The molecule has 0 saturated heterocycles. The number of rotatable bonds is 3. The summed E-state index contributed by atoms with van der Waals surface area (Å²) in [6.45, 7) is 6.11. The van der Waals surface area contributed by atoms with Gasteiger partial charge in [0, 0.05) is 27.2 Å². The van der Waals surface area contributed by atoms with Crippen LogP contribution in [0.15, 0.2) is 63.9 Å². The van der Waals surface area contributed by atoms with Crippen molar-refractivity contribution in [2.24, 2.45) is 0 Å². The SMILES string of the molecule is CC(C)(C)c1cc(NC(=O)c2ccc(-n3cnc4cc(Br)ccc43)cc2)on1. The highest BCUT2D eigenvalue weighted by molar-refractivity contribution is 9.10. The van der Waals surface area contributed by atoms with Crippen LogP contribution in [0.25, 0.3) is 16.7 Å². The van der Waals surface area contributed by atoms with Crippen molar-refractivity contribution in [1.82, 2.24) is 14.7 Å². The minimum atomic E-state index is -0.248. The number of anilines is 1. The molecule has 4 aromatic rings. The van der Waals surface area contributed by atoms with Gasteiger partial charge in [-0.25, -0.2) is 4.98 Å². The summed E-state index contributed by atoms with van der Waals surface area (Å²) in [6, 6.07) is 15.0. The van der Waals surface area contributed by atoms with Crippen LogP contribution in [0.2, 0.25) is 0 Å². The highest BCUT2D eigenvalue weighted by Crippen LogP contribution is 2.25. The molecular weight excluding hydrogens is 420 g/mol. The number of imidazole rings is 1. The predicted octanol–water partition coefficient (Wildman–Crippen LogP) is 5.33. The van der Waals surface area contributed by atoms with Gasteiger partial charge in [0.1, 0.15) is 6.33 Å². The van der Waals surface area contributed by atoms with E-state index in [1.807, 2.05) is 55.7 Å². The zero-order chi connectivity index (χ0) is 19.9. The van der Waals surface area contributed by atoms with E-state index in [1.54, 1.807) is 24.5 Å². The van der Waals surface area contributed by atoms with Gasteiger partial charge in [-0.3, -0.25) is 14.7 Å². The Balaban J connectivity index is 1.54. The normalized spacial score (nSPS) is 11.7. The largest absolute Gasteiger partial charge is 0.338 e. The third-order valence-electron chi connectivity index (χ3n) is 4.43. The summed E-state index contributed by atoms with van der Waals surface area (Å²) < 4.78 is 8.19. The Bertz CT molecular complexity index is 1150. The highest BCUT2D eigenvalue weighted by Gasteiger charge is 2.20. The van der Waals surface area contributed by atoms with Gasteiger partial charge in [-0.1, -0.05) is 41.9 Å². The van der Waals surface area contributed by atoms with Crippen LogP contribution in [0.4, 0.5) is 5.88 Å². The molecule has 6 nitrogen and oxygen atoms in total. The van der Waals surface area contributed by atoms with Gasteiger partial charge in [-0.15, -0.1) is 0 Å². The standard InChI is InChI=1S/C21H19BrN4O2/c1-21(2,3)18-11-19(28-25-18)24-20(27)13-4-7-15(8-5-13)26-12-23-16-10-14(22)6-9-17(16)26/h4-12H,1-3H3,(H,24,27). The van der Waals surface area contributed by atoms with Crippen molar-refractivity contribution in [2.45, 2.75) is 26.2 Å². The molecule has 0 unspecified atom stereocenters. The van der Waals surface area contributed by atoms with Crippen molar-refractivity contribution < 1.29 is 9.32 Å². The molecule has 1 amide bonds. The summed E-state index contributed by atoms with van der Waals surface area (Å²) in [7, 11) is 0. The first-order valence-corrected chi connectivity index (χ1v) is 9.62. The van der Waals surface area contributed by atoms with Crippen LogP contribution >= 0.6 is 15.9 Å². The third-order valence-corrected chi connectivity index (χ3v) is 4.93. The predicted molar refractivity (Wildman–Crippen MR) is 112 cm³/mol. The molecule has 28 heavy (non-hydrogen) atoms. The Morgan fingerprint density at radius 2 is 1.86 bits per heavy atom. The summed E-state index contributed by atoms with van der Waals surface area (Å²) in [5, 5.41) is 6.76. The van der Waals surface area contributed by atoms with Gasteiger partial charge in [0.05, 0.1) is 16.7 Å². The van der Waals surface area contributed by atoms with E-state index >= 15 is 0 Å². The van der Waals surface area contributed by atoms with Crippen LogP contribution < -0.4 is 5.32 Å². The Morgan fingerprint density at radius 1 is 1.11 bits per heavy atom. The number of aromatic nitrogens is 3. The van der Waals surface area contributed by atoms with Crippen LogP contribution in [0.1, 0.15) is 36.8 Å². The van der Waals surface area contributed by atoms with Crippen LogP contribution in [0.5, 0.6) is 0 Å². The van der Waals surface area contributed by atoms with Crippen molar-refractivity contribution in [3.05, 3.63) is 70.6 Å². The number of fused-ring (bicyclic) bond motifs is 1. The monoisotopic (exact) mass is 438 g/mol. The number of halogens is 1. The number of benzene rings is 2. The summed E-state index contributed by atoms with van der Waals surface area (Å²) in [5.74, 6) is 0.0905. The number of hydrogen-bond acceptors (Lipinski definition) is 4. The molecule has 1 N–H and O–H groups in total. The van der Waals surface area contributed by atoms with E-state index in [1.165, 1.54) is 0 Å². The molecule has 0 fully saturated rings. The van der Waals surface area contributed by atoms with E-state index in [-0.39, 0.29) is 11.3 Å². The molecule has 0 aliphatic rings. The van der Waals surface area contributed by atoms with E-state index in [4.69, 9.17) is 4.52 Å². The van der Waals surface area contributed by atoms with Gasteiger partial charge in [0.15, 0.2) is 0 Å². The van der Waals surface area contributed by atoms with Gasteiger partial charge in [-0.05, 0) is 42.5 Å². The van der Waals surface area contributed by atoms with Crippen molar-refractivity contribution in [3.63, 3.8) is 0 Å². The maximum absolute atomic E-state index is 12.5. The number of nitrogens with zero attached hydrogens (tertiary/aromatic N) is 3. The van der Waals surface area contributed by atoms with Gasteiger partial charge >= 0.3 is 0 Å². The fourth-order valence-electron chi connectivity index (χ4n) is 2.84. The molecule has 0 radical (unpaired) electrons. The molecule has 0 saturated carbocycles. The fourth-order valence-corrected chi connectivity index (χ4v) is 3.19. The second-order valence-electron chi connectivity index (χ2n) is 7.58. The first kappa shape index (κ1) is 18.4. The first-order valence-electron chi connectivity index (χ1n) is 8.83. The summed E-state index contributed by atoms with van der Waals surface area (Å²) >= 11 is 3.46. The maximum Gasteiger partial charge on any atom is 0.258 e. The number of nitrogens with one attached hydrogen (secondary N) is 1. The van der Waals surface area contributed by atoms with Crippen LogP contribution in [0.3, 0.4) is 0 Å². The summed E-state index contributed by atoms with van der Waals surface area (Å²) in [6.07, 6.45) is 1.77. The van der Waals surface area contributed by atoms with Crippen LogP contribution in [-0.2, 0) is 5.41 Å². The van der Waals surface area contributed by atoms with Crippen molar-refractivity contribution >= 4 is 38.8 Å². The number of hydrogen-bond donors (Lipinski definition) is 1. The van der Waals surface area contributed by atoms with Gasteiger partial charge in [0.25, 0.3) is 5.91 Å². The van der Waals surface area contributed by atoms with Gasteiger partial charge in [0.2, 0.25) is 5.88 Å². The molecular formula is C21H19BrN4O2. The average Bonchev–Trinajstić information content (AvgIpc) is 3.28. The molecule has 0 aliphatic heterocycles. The lowest BCUT2D eigenvalue weighted by Crippen LogP contribution is -2.12. The molecule has 2 heterocycles. The van der Waals surface area contributed by atoms with Crippen molar-refractivity contribution in [3.8, 4) is 5.69 Å². The smallest absolute Gasteiger partial charge is 0.258 e. The topological polar surface area (TPSA) is 73.0 Å². The molecule has 0 spiro atoms. The maximum atomic E-state index is 12.5. The molecule has 142 valence electrons.